The number of benzene rings is 2. The fourth-order valence-electron chi connectivity index (χ4n) is 4.12. The Morgan fingerprint density at radius 3 is 2.34 bits per heavy atom. The fourth-order valence-corrected chi connectivity index (χ4v) is 4.12. The standard InChI is InChI=1S/C24H23N3O2/c1-17-16-23(27(18(2)28)19-10-4-3-5-11-19)20-12-6-7-14-22(20)26(17)24(29)21-13-8-9-15-25-21/h3-15,17,23H,16H2,1-2H3/t17-,23+/m1/s1. The van der Waals surface area contributed by atoms with Crippen molar-refractivity contribution in [1.82, 2.24) is 4.98 Å². The van der Waals surface area contributed by atoms with Gasteiger partial charge in [0.2, 0.25) is 5.91 Å². The lowest BCUT2D eigenvalue weighted by molar-refractivity contribution is -0.117. The molecule has 146 valence electrons. The smallest absolute Gasteiger partial charge is 0.277 e. The zero-order valence-corrected chi connectivity index (χ0v) is 16.5. The predicted molar refractivity (Wildman–Crippen MR) is 114 cm³/mol. The maximum absolute atomic E-state index is 13.2. The van der Waals surface area contributed by atoms with Gasteiger partial charge in [-0.2, -0.15) is 0 Å². The maximum Gasteiger partial charge on any atom is 0.277 e. The van der Waals surface area contributed by atoms with Crippen LogP contribution >= 0.6 is 0 Å². The normalized spacial score (nSPS) is 18.1. The number of hydrogen-bond acceptors (Lipinski definition) is 3. The molecule has 5 nitrogen and oxygen atoms in total. The molecule has 0 aliphatic carbocycles. The molecule has 0 saturated heterocycles. The number of carbonyl (C=O) groups excluding carboxylic acids is 2. The van der Waals surface area contributed by atoms with Crippen molar-refractivity contribution < 1.29 is 9.59 Å². The second kappa shape index (κ2) is 7.87. The van der Waals surface area contributed by atoms with E-state index in [1.807, 2.05) is 72.5 Å². The van der Waals surface area contributed by atoms with Crippen LogP contribution in [0, 0.1) is 0 Å². The largest absolute Gasteiger partial charge is 0.305 e. The van der Waals surface area contributed by atoms with Crippen molar-refractivity contribution in [2.45, 2.75) is 32.4 Å². The van der Waals surface area contributed by atoms with Crippen LogP contribution in [0.5, 0.6) is 0 Å². The zero-order valence-electron chi connectivity index (χ0n) is 16.5. The molecule has 0 unspecified atom stereocenters. The van der Waals surface area contributed by atoms with E-state index in [4.69, 9.17) is 0 Å². The van der Waals surface area contributed by atoms with Crippen molar-refractivity contribution in [2.75, 3.05) is 9.80 Å². The Morgan fingerprint density at radius 1 is 0.966 bits per heavy atom. The molecule has 0 fully saturated rings. The highest BCUT2D eigenvalue weighted by Gasteiger charge is 2.38. The monoisotopic (exact) mass is 385 g/mol. The van der Waals surface area contributed by atoms with Gasteiger partial charge in [0.15, 0.2) is 0 Å². The molecule has 1 aliphatic heterocycles. The molecule has 2 heterocycles. The van der Waals surface area contributed by atoms with Gasteiger partial charge in [-0.1, -0.05) is 42.5 Å². The van der Waals surface area contributed by atoms with Crippen molar-refractivity contribution in [3.05, 3.63) is 90.3 Å². The third-order valence-corrected chi connectivity index (χ3v) is 5.35. The number of nitrogens with zero attached hydrogens (tertiary/aromatic N) is 3. The van der Waals surface area contributed by atoms with Crippen LogP contribution in [0.15, 0.2) is 79.0 Å². The second-order valence-electron chi connectivity index (χ2n) is 7.27. The molecule has 3 aromatic rings. The molecule has 0 radical (unpaired) electrons. The Morgan fingerprint density at radius 2 is 1.66 bits per heavy atom. The molecule has 0 bridgehead atoms. The number of amides is 2. The Hall–Kier alpha value is -3.47. The summed E-state index contributed by atoms with van der Waals surface area (Å²) in [5.74, 6) is -0.147. The van der Waals surface area contributed by atoms with E-state index in [-0.39, 0.29) is 23.9 Å². The Kier molecular flexibility index (Phi) is 5.12. The van der Waals surface area contributed by atoms with Crippen LogP contribution in [-0.2, 0) is 4.79 Å². The van der Waals surface area contributed by atoms with Crippen LogP contribution in [0.25, 0.3) is 0 Å². The van der Waals surface area contributed by atoms with E-state index in [9.17, 15) is 9.59 Å². The molecule has 1 aliphatic rings. The molecule has 2 amide bonds. The molecule has 29 heavy (non-hydrogen) atoms. The predicted octanol–water partition coefficient (Wildman–Crippen LogP) is 4.61. The van der Waals surface area contributed by atoms with E-state index in [0.29, 0.717) is 12.1 Å². The summed E-state index contributed by atoms with van der Waals surface area (Å²) in [7, 11) is 0. The van der Waals surface area contributed by atoms with Crippen LogP contribution in [0.2, 0.25) is 0 Å². The lowest BCUT2D eigenvalue weighted by Gasteiger charge is -2.43. The highest BCUT2D eigenvalue weighted by atomic mass is 16.2. The van der Waals surface area contributed by atoms with Gasteiger partial charge in [0.1, 0.15) is 5.69 Å². The molecular formula is C24H23N3O2. The third-order valence-electron chi connectivity index (χ3n) is 5.35. The quantitative estimate of drug-likeness (QED) is 0.661. The van der Waals surface area contributed by atoms with Crippen LogP contribution < -0.4 is 9.80 Å². The summed E-state index contributed by atoms with van der Waals surface area (Å²) in [5, 5.41) is 0. The Labute approximate surface area is 170 Å². The summed E-state index contributed by atoms with van der Waals surface area (Å²) in [6.45, 7) is 3.61. The lowest BCUT2D eigenvalue weighted by Crippen LogP contribution is -2.47. The van der Waals surface area contributed by atoms with Gasteiger partial charge >= 0.3 is 0 Å². The summed E-state index contributed by atoms with van der Waals surface area (Å²) in [6, 6.07) is 22.6. The van der Waals surface area contributed by atoms with Gasteiger partial charge in [0, 0.05) is 30.5 Å². The number of aromatic nitrogens is 1. The number of carbonyl (C=O) groups is 2. The van der Waals surface area contributed by atoms with Crippen molar-refractivity contribution in [3.63, 3.8) is 0 Å². The Bertz CT molecular complexity index is 1020. The van der Waals surface area contributed by atoms with Gasteiger partial charge in [-0.05, 0) is 49.2 Å². The molecule has 5 heteroatoms. The van der Waals surface area contributed by atoms with E-state index in [0.717, 1.165) is 16.9 Å². The molecule has 0 saturated carbocycles. The highest BCUT2D eigenvalue weighted by molar-refractivity contribution is 6.06. The molecular weight excluding hydrogens is 362 g/mol. The number of fused-ring (bicyclic) bond motifs is 1. The minimum Gasteiger partial charge on any atom is -0.305 e. The molecule has 4 rings (SSSR count). The molecule has 2 atom stereocenters. The maximum atomic E-state index is 13.2. The SMILES string of the molecule is CC(=O)N(c1ccccc1)[C@H]1C[C@@H](C)N(C(=O)c2ccccn2)c2ccccc21. The van der Waals surface area contributed by atoms with E-state index in [1.54, 1.807) is 30.2 Å². The van der Waals surface area contributed by atoms with Gasteiger partial charge in [-0.15, -0.1) is 0 Å². The molecule has 1 aromatic heterocycles. The molecule has 0 spiro atoms. The lowest BCUT2D eigenvalue weighted by atomic mass is 9.89. The van der Waals surface area contributed by atoms with Crippen molar-refractivity contribution >= 4 is 23.2 Å². The number of rotatable bonds is 3. The van der Waals surface area contributed by atoms with E-state index in [2.05, 4.69) is 4.98 Å². The first-order valence-electron chi connectivity index (χ1n) is 9.76. The minimum atomic E-state index is -0.145. The summed E-state index contributed by atoms with van der Waals surface area (Å²) in [6.07, 6.45) is 2.27. The van der Waals surface area contributed by atoms with E-state index >= 15 is 0 Å². The zero-order chi connectivity index (χ0) is 20.4. The van der Waals surface area contributed by atoms with Crippen LogP contribution in [0.1, 0.15) is 42.4 Å². The van der Waals surface area contributed by atoms with E-state index in [1.165, 1.54) is 0 Å². The van der Waals surface area contributed by atoms with Crippen molar-refractivity contribution in [3.8, 4) is 0 Å². The first-order chi connectivity index (χ1) is 14.1. The van der Waals surface area contributed by atoms with Gasteiger partial charge in [0.25, 0.3) is 5.91 Å². The first-order valence-corrected chi connectivity index (χ1v) is 9.76. The average Bonchev–Trinajstić information content (AvgIpc) is 2.75. The van der Waals surface area contributed by atoms with Crippen molar-refractivity contribution in [1.29, 1.82) is 0 Å². The second-order valence-corrected chi connectivity index (χ2v) is 7.27. The molecule has 0 N–H and O–H groups in total. The van der Waals surface area contributed by atoms with Gasteiger partial charge in [-0.25, -0.2) is 0 Å². The van der Waals surface area contributed by atoms with Gasteiger partial charge < -0.3 is 9.80 Å². The third kappa shape index (κ3) is 3.51. The van der Waals surface area contributed by atoms with E-state index < -0.39 is 0 Å². The van der Waals surface area contributed by atoms with Crippen LogP contribution in [-0.4, -0.2) is 22.8 Å². The summed E-state index contributed by atoms with van der Waals surface area (Å²) >= 11 is 0. The van der Waals surface area contributed by atoms with Crippen LogP contribution in [0.3, 0.4) is 0 Å². The van der Waals surface area contributed by atoms with Gasteiger partial charge in [-0.3, -0.25) is 14.6 Å². The molecule has 2 aromatic carbocycles. The number of para-hydroxylation sites is 2. The number of hydrogen-bond donors (Lipinski definition) is 0. The highest BCUT2D eigenvalue weighted by Crippen LogP contribution is 2.42. The average molecular weight is 385 g/mol. The first kappa shape index (κ1) is 18.9. The number of anilines is 2. The summed E-state index contributed by atoms with van der Waals surface area (Å²) in [5.41, 5.74) is 3.07. The minimum absolute atomic E-state index is 0.0206. The number of pyridine rings is 1. The fraction of sp³-hybridized carbons (Fsp3) is 0.208. The van der Waals surface area contributed by atoms with Crippen LogP contribution in [0.4, 0.5) is 11.4 Å². The van der Waals surface area contributed by atoms with Gasteiger partial charge in [0.05, 0.1) is 6.04 Å². The summed E-state index contributed by atoms with van der Waals surface area (Å²) < 4.78 is 0. The Balaban J connectivity index is 1.79. The summed E-state index contributed by atoms with van der Waals surface area (Å²) in [4.78, 5) is 33.7. The topological polar surface area (TPSA) is 53.5 Å². The van der Waals surface area contributed by atoms with Crippen molar-refractivity contribution in [2.24, 2.45) is 0 Å².